The fourth-order valence-electron chi connectivity index (χ4n) is 3.40. The topological polar surface area (TPSA) is 114 Å². The van der Waals surface area contributed by atoms with E-state index in [-0.39, 0.29) is 25.5 Å². The molecular formula is C24H32FN3O5S. The Labute approximate surface area is 200 Å². The Bertz CT molecular complexity index is 1050. The van der Waals surface area contributed by atoms with Crippen molar-refractivity contribution in [2.45, 2.75) is 50.6 Å². The number of benzene rings is 2. The minimum Gasteiger partial charge on any atom is -0.450 e. The summed E-state index contributed by atoms with van der Waals surface area (Å²) in [4.78, 5) is 24.4. The summed E-state index contributed by atoms with van der Waals surface area (Å²) in [5, 5.41) is 5.43. The van der Waals surface area contributed by atoms with Crippen LogP contribution in [-0.2, 0) is 26.0 Å². The minimum atomic E-state index is -4.31. The lowest BCUT2D eigenvalue weighted by molar-refractivity contribution is -0.122. The molecule has 0 aliphatic carbocycles. The van der Waals surface area contributed by atoms with Gasteiger partial charge >= 0.3 is 6.09 Å². The number of rotatable bonds is 12. The Morgan fingerprint density at radius 3 is 2.29 bits per heavy atom. The molecule has 0 heterocycles. The predicted molar refractivity (Wildman–Crippen MR) is 127 cm³/mol. The van der Waals surface area contributed by atoms with Gasteiger partial charge in [0.25, 0.3) is 0 Å². The quantitative estimate of drug-likeness (QED) is 0.421. The highest BCUT2D eigenvalue weighted by Crippen LogP contribution is 2.15. The van der Waals surface area contributed by atoms with E-state index in [1.54, 1.807) is 37.3 Å². The van der Waals surface area contributed by atoms with Crippen LogP contribution >= 0.6 is 0 Å². The highest BCUT2D eigenvalue weighted by molar-refractivity contribution is 7.89. The van der Waals surface area contributed by atoms with Crippen molar-refractivity contribution in [3.8, 4) is 0 Å². The van der Waals surface area contributed by atoms with Crippen molar-refractivity contribution in [1.29, 1.82) is 0 Å². The molecule has 2 aromatic rings. The number of ether oxygens (including phenoxy) is 1. The zero-order chi connectivity index (χ0) is 25.1. The fourth-order valence-corrected chi connectivity index (χ4v) is 4.67. The second-order valence-corrected chi connectivity index (χ2v) is 9.91. The van der Waals surface area contributed by atoms with Crippen molar-refractivity contribution in [3.05, 3.63) is 66.0 Å². The highest BCUT2D eigenvalue weighted by Gasteiger charge is 2.28. The van der Waals surface area contributed by atoms with E-state index in [4.69, 9.17) is 4.74 Å². The summed E-state index contributed by atoms with van der Waals surface area (Å²) in [5.74, 6) is -1.28. The first kappa shape index (κ1) is 27.3. The first-order valence-corrected chi connectivity index (χ1v) is 12.6. The molecule has 2 aromatic carbocycles. The third-order valence-electron chi connectivity index (χ3n) is 4.90. The Hall–Kier alpha value is -2.98. The van der Waals surface area contributed by atoms with Crippen LogP contribution in [0.2, 0.25) is 0 Å². The predicted octanol–water partition coefficient (Wildman–Crippen LogP) is 2.99. The van der Waals surface area contributed by atoms with Crippen molar-refractivity contribution in [1.82, 2.24) is 15.4 Å². The summed E-state index contributed by atoms with van der Waals surface area (Å²) in [6.07, 6.45) is 0.0349. The third-order valence-corrected chi connectivity index (χ3v) is 6.40. The Balaban J connectivity index is 2.19. The van der Waals surface area contributed by atoms with Crippen LogP contribution in [0.25, 0.3) is 0 Å². The zero-order valence-corrected chi connectivity index (χ0v) is 20.4. The monoisotopic (exact) mass is 493 g/mol. The fraction of sp³-hybridized carbons (Fsp3) is 0.417. The van der Waals surface area contributed by atoms with Crippen molar-refractivity contribution in [3.63, 3.8) is 0 Å². The van der Waals surface area contributed by atoms with Gasteiger partial charge in [0, 0.05) is 12.6 Å². The van der Waals surface area contributed by atoms with Crippen LogP contribution in [0.15, 0.2) is 59.5 Å². The molecule has 3 N–H and O–H groups in total. The molecule has 0 aliphatic heterocycles. The van der Waals surface area contributed by atoms with E-state index in [0.29, 0.717) is 6.42 Å². The molecule has 0 bridgehead atoms. The zero-order valence-electron chi connectivity index (χ0n) is 19.6. The number of carbonyl (C=O) groups excluding carboxylic acids is 2. The van der Waals surface area contributed by atoms with Crippen LogP contribution in [0.5, 0.6) is 0 Å². The van der Waals surface area contributed by atoms with Crippen molar-refractivity contribution in [2.75, 3.05) is 13.2 Å². The molecular weight excluding hydrogens is 461 g/mol. The molecule has 2 rings (SSSR count). The number of alkyl carbamates (subject to hydrolysis) is 1. The summed E-state index contributed by atoms with van der Waals surface area (Å²) in [7, 11) is -4.31. The number of hydrogen-bond acceptors (Lipinski definition) is 5. The summed E-state index contributed by atoms with van der Waals surface area (Å²) in [5.41, 5.74) is 0.724. The Kier molecular flexibility index (Phi) is 10.5. The van der Waals surface area contributed by atoms with Gasteiger partial charge in [-0.05, 0) is 43.4 Å². The van der Waals surface area contributed by atoms with Gasteiger partial charge in [0.2, 0.25) is 15.9 Å². The molecule has 0 saturated carbocycles. The van der Waals surface area contributed by atoms with Crippen LogP contribution in [0.1, 0.15) is 32.8 Å². The van der Waals surface area contributed by atoms with Crippen molar-refractivity contribution < 1.29 is 27.1 Å². The molecule has 2 unspecified atom stereocenters. The van der Waals surface area contributed by atoms with Crippen LogP contribution < -0.4 is 15.4 Å². The molecule has 0 fully saturated rings. The molecule has 34 heavy (non-hydrogen) atoms. The second kappa shape index (κ2) is 13.0. The van der Waals surface area contributed by atoms with E-state index in [1.165, 1.54) is 12.1 Å². The van der Waals surface area contributed by atoms with Crippen LogP contribution in [0, 0.1) is 11.7 Å². The first-order valence-electron chi connectivity index (χ1n) is 11.1. The first-order chi connectivity index (χ1) is 16.1. The normalized spacial score (nSPS) is 13.2. The van der Waals surface area contributed by atoms with E-state index in [2.05, 4.69) is 15.4 Å². The number of nitrogens with one attached hydrogen (secondary N) is 3. The maximum absolute atomic E-state index is 14.2. The van der Waals surface area contributed by atoms with Crippen molar-refractivity contribution >= 4 is 22.0 Å². The number of amides is 2. The van der Waals surface area contributed by atoms with E-state index in [1.807, 2.05) is 13.8 Å². The Morgan fingerprint density at radius 2 is 1.68 bits per heavy atom. The van der Waals surface area contributed by atoms with Crippen LogP contribution in [0.4, 0.5) is 9.18 Å². The molecule has 0 saturated heterocycles. The highest BCUT2D eigenvalue weighted by atomic mass is 32.2. The van der Waals surface area contributed by atoms with E-state index in [9.17, 15) is 22.4 Å². The SMILES string of the molecule is CCOC(=O)NC(CNC(=O)C(Cc1ccccc1)NS(=O)(=O)c1ccccc1F)CC(C)C. The number of carbonyl (C=O) groups is 2. The molecule has 0 aromatic heterocycles. The maximum Gasteiger partial charge on any atom is 0.407 e. The van der Waals surface area contributed by atoms with Gasteiger partial charge in [-0.2, -0.15) is 4.72 Å². The van der Waals surface area contributed by atoms with Gasteiger partial charge in [-0.3, -0.25) is 4.79 Å². The lowest BCUT2D eigenvalue weighted by atomic mass is 10.0. The molecule has 0 radical (unpaired) electrons. The number of sulfonamides is 1. The lowest BCUT2D eigenvalue weighted by Gasteiger charge is -2.23. The second-order valence-electron chi connectivity index (χ2n) is 8.23. The van der Waals surface area contributed by atoms with E-state index in [0.717, 1.165) is 17.7 Å². The summed E-state index contributed by atoms with van der Waals surface area (Å²) in [6, 6.07) is 12.2. The molecule has 10 heteroatoms. The number of hydrogen-bond donors (Lipinski definition) is 3. The van der Waals surface area contributed by atoms with Gasteiger partial charge in [-0.1, -0.05) is 56.3 Å². The maximum atomic E-state index is 14.2. The van der Waals surface area contributed by atoms with Gasteiger partial charge in [-0.15, -0.1) is 0 Å². The molecule has 8 nitrogen and oxygen atoms in total. The van der Waals surface area contributed by atoms with Gasteiger partial charge in [-0.25, -0.2) is 17.6 Å². The van der Waals surface area contributed by atoms with Gasteiger partial charge in [0.15, 0.2) is 0 Å². The van der Waals surface area contributed by atoms with Gasteiger partial charge in [0.1, 0.15) is 16.8 Å². The largest absolute Gasteiger partial charge is 0.450 e. The standard InChI is InChI=1S/C24H32FN3O5S/c1-4-33-24(30)27-19(14-17(2)3)16-26-23(29)21(15-18-10-6-5-7-11-18)28-34(31,32)22-13-9-8-12-20(22)25/h5-13,17,19,21,28H,4,14-16H2,1-3H3,(H,26,29)(H,27,30). The van der Waals surface area contributed by atoms with Crippen LogP contribution in [-0.4, -0.2) is 45.7 Å². The molecule has 2 atom stereocenters. The summed E-state index contributed by atoms with van der Waals surface area (Å²) < 4.78 is 47.1. The number of halogens is 1. The van der Waals surface area contributed by atoms with E-state index < -0.39 is 44.8 Å². The van der Waals surface area contributed by atoms with Gasteiger partial charge < -0.3 is 15.4 Å². The molecule has 0 spiro atoms. The smallest absolute Gasteiger partial charge is 0.407 e. The van der Waals surface area contributed by atoms with E-state index >= 15 is 0 Å². The third kappa shape index (κ3) is 8.75. The van der Waals surface area contributed by atoms with Crippen molar-refractivity contribution in [2.24, 2.45) is 5.92 Å². The Morgan fingerprint density at radius 1 is 1.03 bits per heavy atom. The average molecular weight is 494 g/mol. The van der Waals surface area contributed by atoms with Gasteiger partial charge in [0.05, 0.1) is 6.61 Å². The molecule has 2 amide bonds. The van der Waals surface area contributed by atoms with Crippen LogP contribution in [0.3, 0.4) is 0 Å². The summed E-state index contributed by atoms with van der Waals surface area (Å²) in [6.45, 7) is 5.92. The lowest BCUT2D eigenvalue weighted by Crippen LogP contribution is -2.51. The molecule has 0 aliphatic rings. The average Bonchev–Trinajstić information content (AvgIpc) is 2.77. The minimum absolute atomic E-state index is 0.0561. The summed E-state index contributed by atoms with van der Waals surface area (Å²) >= 11 is 0. The molecule has 186 valence electrons.